The summed E-state index contributed by atoms with van der Waals surface area (Å²) in [4.78, 5) is 33.5. The van der Waals surface area contributed by atoms with Crippen LogP contribution >= 0.6 is 0 Å². The van der Waals surface area contributed by atoms with E-state index in [4.69, 9.17) is 9.47 Å². The fraction of sp³-hybridized carbons (Fsp3) is 0.692. The van der Waals surface area contributed by atoms with Crippen molar-refractivity contribution in [3.05, 3.63) is 36.4 Å². The van der Waals surface area contributed by atoms with Gasteiger partial charge in [-0.05, 0) is 38.5 Å². The standard InChI is InChI=1S/C26H42N4O6/c1-5-23(19(15-31)11-21-13-27-17-29(21)3)25(33)35-9-7-8-10-36-26(34)24(6-2)20(16-32)12-22-14-28-18-30(22)4/h13-14,17-20,23-24,31-32H,5-12,15-16H2,1-4H3/t19-,20-,23-,24-/m0/s1. The number of ether oxygens (including phenoxy) is 2. The molecule has 36 heavy (non-hydrogen) atoms. The van der Waals surface area contributed by atoms with Crippen LogP contribution in [-0.4, -0.2) is 67.7 Å². The van der Waals surface area contributed by atoms with E-state index in [2.05, 4.69) is 9.97 Å². The van der Waals surface area contributed by atoms with Crippen molar-refractivity contribution >= 4 is 11.9 Å². The highest BCUT2D eigenvalue weighted by Crippen LogP contribution is 2.23. The van der Waals surface area contributed by atoms with Crippen LogP contribution in [0.1, 0.15) is 50.9 Å². The van der Waals surface area contributed by atoms with Crippen LogP contribution in [0.3, 0.4) is 0 Å². The lowest BCUT2D eigenvalue weighted by atomic mass is 9.87. The van der Waals surface area contributed by atoms with Crippen molar-refractivity contribution in [3.8, 4) is 0 Å². The zero-order valence-electron chi connectivity index (χ0n) is 22.0. The Bertz CT molecular complexity index is 853. The van der Waals surface area contributed by atoms with Gasteiger partial charge in [0.05, 0.1) is 37.7 Å². The Morgan fingerprint density at radius 2 is 1.19 bits per heavy atom. The van der Waals surface area contributed by atoms with Crippen LogP contribution in [-0.2, 0) is 46.0 Å². The third-order valence-electron chi connectivity index (χ3n) is 6.90. The number of carbonyl (C=O) groups is 2. The lowest BCUT2D eigenvalue weighted by Gasteiger charge is -2.23. The van der Waals surface area contributed by atoms with Crippen molar-refractivity contribution in [2.75, 3.05) is 26.4 Å². The van der Waals surface area contributed by atoms with E-state index in [1.165, 1.54) is 0 Å². The smallest absolute Gasteiger partial charge is 0.309 e. The van der Waals surface area contributed by atoms with Gasteiger partial charge < -0.3 is 28.8 Å². The quantitative estimate of drug-likeness (QED) is 0.246. The molecule has 0 amide bonds. The van der Waals surface area contributed by atoms with Crippen LogP contribution in [0.4, 0.5) is 0 Å². The molecule has 10 heteroatoms. The molecule has 0 aliphatic heterocycles. The van der Waals surface area contributed by atoms with E-state index < -0.39 is 11.8 Å². The molecule has 4 atom stereocenters. The van der Waals surface area contributed by atoms with E-state index in [0.717, 1.165) is 11.4 Å². The SMILES string of the molecule is CC[C@H](C(=O)OCCCCOC(=O)[C@@H](CC)[C@H](CO)Cc1cncn1C)[C@H](CO)Cc1cncn1C. The second-order valence-electron chi connectivity index (χ2n) is 9.36. The Morgan fingerprint density at radius 1 is 0.806 bits per heavy atom. The number of imidazole rings is 2. The third kappa shape index (κ3) is 8.44. The first-order valence-corrected chi connectivity index (χ1v) is 12.8. The van der Waals surface area contributed by atoms with Gasteiger partial charge in [0.25, 0.3) is 0 Å². The van der Waals surface area contributed by atoms with Gasteiger partial charge in [-0.15, -0.1) is 0 Å². The topological polar surface area (TPSA) is 129 Å². The molecular weight excluding hydrogens is 464 g/mol. The summed E-state index contributed by atoms with van der Waals surface area (Å²) in [5.74, 6) is -1.91. The summed E-state index contributed by atoms with van der Waals surface area (Å²) in [6, 6.07) is 0. The molecule has 2 aromatic heterocycles. The number of aliphatic hydroxyl groups is 2. The highest BCUT2D eigenvalue weighted by atomic mass is 16.5. The molecule has 2 aromatic rings. The molecule has 0 unspecified atom stereocenters. The summed E-state index contributed by atoms with van der Waals surface area (Å²) in [6.07, 6.45) is 10.2. The molecule has 0 fully saturated rings. The molecule has 0 aliphatic carbocycles. The lowest BCUT2D eigenvalue weighted by Crippen LogP contribution is -2.30. The number of rotatable bonds is 17. The van der Waals surface area contributed by atoms with Gasteiger partial charge in [-0.3, -0.25) is 9.59 Å². The minimum Gasteiger partial charge on any atom is -0.465 e. The number of aromatic nitrogens is 4. The minimum absolute atomic E-state index is 0.108. The number of esters is 2. The van der Waals surface area contributed by atoms with Gasteiger partial charge >= 0.3 is 11.9 Å². The monoisotopic (exact) mass is 506 g/mol. The molecule has 0 bridgehead atoms. The summed E-state index contributed by atoms with van der Waals surface area (Å²) in [6.45, 7) is 4.07. The predicted octanol–water partition coefficient (Wildman–Crippen LogP) is 2.07. The van der Waals surface area contributed by atoms with E-state index in [0.29, 0.717) is 38.5 Å². The van der Waals surface area contributed by atoms with Crippen molar-refractivity contribution in [3.63, 3.8) is 0 Å². The summed E-state index contributed by atoms with van der Waals surface area (Å²) in [5, 5.41) is 19.7. The van der Waals surface area contributed by atoms with Crippen molar-refractivity contribution < 1.29 is 29.3 Å². The summed E-state index contributed by atoms with van der Waals surface area (Å²) >= 11 is 0. The first-order chi connectivity index (χ1) is 17.4. The largest absolute Gasteiger partial charge is 0.465 e. The van der Waals surface area contributed by atoms with Gasteiger partial charge in [-0.1, -0.05) is 13.8 Å². The summed E-state index contributed by atoms with van der Waals surface area (Å²) < 4.78 is 14.7. The van der Waals surface area contributed by atoms with Crippen molar-refractivity contribution in [2.24, 2.45) is 37.8 Å². The Balaban J connectivity index is 1.73. The van der Waals surface area contributed by atoms with Crippen LogP contribution in [0.2, 0.25) is 0 Å². The summed E-state index contributed by atoms with van der Waals surface area (Å²) in [7, 11) is 3.77. The summed E-state index contributed by atoms with van der Waals surface area (Å²) in [5.41, 5.74) is 1.91. The number of carbonyl (C=O) groups excluding carboxylic acids is 2. The van der Waals surface area contributed by atoms with Gasteiger partial charge in [0.2, 0.25) is 0 Å². The predicted molar refractivity (Wildman–Crippen MR) is 134 cm³/mol. The van der Waals surface area contributed by atoms with Crippen molar-refractivity contribution in [1.29, 1.82) is 0 Å². The molecule has 2 heterocycles. The van der Waals surface area contributed by atoms with Crippen LogP contribution in [0, 0.1) is 23.7 Å². The van der Waals surface area contributed by atoms with E-state index >= 15 is 0 Å². The first-order valence-electron chi connectivity index (χ1n) is 12.8. The maximum absolute atomic E-state index is 12.6. The van der Waals surface area contributed by atoms with Crippen molar-refractivity contribution in [1.82, 2.24) is 19.1 Å². The molecule has 0 aromatic carbocycles. The van der Waals surface area contributed by atoms with Gasteiger partial charge in [-0.25, -0.2) is 9.97 Å². The van der Waals surface area contributed by atoms with Crippen LogP contribution in [0.25, 0.3) is 0 Å². The second-order valence-corrected chi connectivity index (χ2v) is 9.36. The third-order valence-corrected chi connectivity index (χ3v) is 6.90. The fourth-order valence-electron chi connectivity index (χ4n) is 4.52. The maximum atomic E-state index is 12.6. The molecule has 0 saturated heterocycles. The number of aliphatic hydroxyl groups excluding tert-OH is 2. The normalized spacial score (nSPS) is 14.7. The Labute approximate surface area is 213 Å². The molecule has 0 radical (unpaired) electrons. The fourth-order valence-corrected chi connectivity index (χ4v) is 4.52. The molecule has 0 aliphatic rings. The number of unbranched alkanes of at least 4 members (excludes halogenated alkanes) is 1. The van der Waals surface area contributed by atoms with Gasteiger partial charge in [-0.2, -0.15) is 0 Å². The molecule has 202 valence electrons. The molecule has 0 saturated carbocycles. The van der Waals surface area contributed by atoms with Crippen LogP contribution in [0.5, 0.6) is 0 Å². The van der Waals surface area contributed by atoms with Gasteiger partial charge in [0, 0.05) is 62.9 Å². The lowest BCUT2D eigenvalue weighted by molar-refractivity contribution is -0.154. The van der Waals surface area contributed by atoms with Gasteiger partial charge in [0.1, 0.15) is 0 Å². The average molecular weight is 507 g/mol. The Hall–Kier alpha value is -2.72. The Kier molecular flexibility index (Phi) is 12.6. The number of aryl methyl sites for hydroxylation is 2. The molecule has 0 spiro atoms. The van der Waals surface area contributed by atoms with E-state index in [-0.39, 0.29) is 50.2 Å². The molecule has 2 rings (SSSR count). The number of nitrogens with zero attached hydrogens (tertiary/aromatic N) is 4. The first kappa shape index (κ1) is 29.5. The van der Waals surface area contributed by atoms with Crippen LogP contribution in [0.15, 0.2) is 25.0 Å². The van der Waals surface area contributed by atoms with Gasteiger partial charge in [0.15, 0.2) is 0 Å². The molecule has 10 nitrogen and oxygen atoms in total. The molecular formula is C26H42N4O6. The zero-order chi connectivity index (χ0) is 26.5. The molecule has 2 N–H and O–H groups in total. The van der Waals surface area contributed by atoms with Crippen LogP contribution < -0.4 is 0 Å². The zero-order valence-corrected chi connectivity index (χ0v) is 22.0. The van der Waals surface area contributed by atoms with E-state index in [1.807, 2.05) is 37.1 Å². The average Bonchev–Trinajstić information content (AvgIpc) is 3.47. The maximum Gasteiger partial charge on any atom is 0.309 e. The number of hydrogen-bond donors (Lipinski definition) is 2. The van der Waals surface area contributed by atoms with E-state index in [9.17, 15) is 19.8 Å². The second kappa shape index (κ2) is 15.4. The van der Waals surface area contributed by atoms with E-state index in [1.54, 1.807) is 25.0 Å². The highest BCUT2D eigenvalue weighted by molar-refractivity contribution is 5.73. The highest BCUT2D eigenvalue weighted by Gasteiger charge is 2.30. The Morgan fingerprint density at radius 3 is 1.47 bits per heavy atom. The number of hydrogen-bond acceptors (Lipinski definition) is 8. The van der Waals surface area contributed by atoms with Crippen molar-refractivity contribution in [2.45, 2.75) is 52.4 Å². The minimum atomic E-state index is -0.400.